The molecule has 0 radical (unpaired) electrons. The van der Waals surface area contributed by atoms with E-state index in [0.29, 0.717) is 49.2 Å². The second-order valence-electron chi connectivity index (χ2n) is 17.7. The molecular weight excluding hydrogens is 813 g/mol. The molecule has 0 unspecified atom stereocenters. The van der Waals surface area contributed by atoms with Crippen molar-refractivity contribution in [2.45, 2.75) is 112 Å². The van der Waals surface area contributed by atoms with Crippen molar-refractivity contribution in [2.75, 3.05) is 14.2 Å². The van der Waals surface area contributed by atoms with Gasteiger partial charge in [-0.2, -0.15) is 0 Å². The number of allylic oxidation sites excluding steroid dienone is 4. The van der Waals surface area contributed by atoms with E-state index in [1.807, 2.05) is 52.0 Å². The molecule has 3 aromatic heterocycles. The molecule has 3 aliphatic heterocycles. The molecule has 2 fully saturated rings. The van der Waals surface area contributed by atoms with Crippen LogP contribution >= 0.6 is 0 Å². The normalized spacial score (nSPS) is 23.0. The van der Waals surface area contributed by atoms with E-state index in [1.54, 1.807) is 6.92 Å². The molecule has 1 saturated heterocycles. The van der Waals surface area contributed by atoms with Crippen LogP contribution in [0.5, 0.6) is 0 Å². The zero-order valence-electron chi connectivity index (χ0n) is 38.5. The van der Waals surface area contributed by atoms with E-state index in [4.69, 9.17) is 28.9 Å². The number of nitrogens with one attached hydrogen (secondary N) is 2. The number of nitrogens with zero attached hydrogens (tertiary/aromatic N) is 2. The molecular formula is C51H60N4O9. The largest absolute Gasteiger partial charge is 0.469 e. The minimum absolute atomic E-state index is 0.0223. The van der Waals surface area contributed by atoms with Crippen LogP contribution in [0.4, 0.5) is 0 Å². The third-order valence-electron chi connectivity index (χ3n) is 14.2. The Morgan fingerprint density at radius 2 is 1.44 bits per heavy atom. The molecule has 13 heteroatoms. The number of carbonyl (C=O) groups excluding carboxylic acids is 4. The number of hydrogen-bond donors (Lipinski definition) is 3. The standard InChI is InChI=1S/C51H60N4O9/c1-12-32-26(4)39-23-42-33(13-2)28(6)47(54-42)36(15-19-37-25(3)14-18-38-30(8)49(59)64-50(51(37,38)60)63-31(9)56)48-29(7)35(17-21-46(58)62-11)44(55-48)24-43-34(16-20-45(57)61-10)27(5)40(53-43)22-41(32)52-39/h12-13,22-25,30,37-38,50,52,54,60H,1-2,14-21H2,3-11H3/t25-,30-,37+,38+,50+,51-/m1/s1. The maximum absolute atomic E-state index is 13.1. The maximum Gasteiger partial charge on any atom is 0.312 e. The van der Waals surface area contributed by atoms with Crippen molar-refractivity contribution >= 4 is 80.4 Å². The zero-order chi connectivity index (χ0) is 46.4. The molecule has 7 rings (SSSR count). The lowest BCUT2D eigenvalue weighted by Gasteiger charge is -2.55. The lowest BCUT2D eigenvalue weighted by molar-refractivity contribution is -0.297. The number of carbonyl (C=O) groups is 4. The van der Waals surface area contributed by atoms with Gasteiger partial charge in [-0.1, -0.05) is 39.2 Å². The van der Waals surface area contributed by atoms with Gasteiger partial charge >= 0.3 is 23.9 Å². The van der Waals surface area contributed by atoms with Crippen LogP contribution in [0.2, 0.25) is 0 Å². The maximum atomic E-state index is 13.1. The monoisotopic (exact) mass is 872 g/mol. The molecule has 3 N–H and O–H groups in total. The number of hydrogen-bond acceptors (Lipinski definition) is 11. The summed E-state index contributed by atoms with van der Waals surface area (Å²) in [6.45, 7) is 21.6. The van der Waals surface area contributed by atoms with E-state index in [9.17, 15) is 24.3 Å². The summed E-state index contributed by atoms with van der Waals surface area (Å²) in [5.41, 5.74) is 12.5. The first-order chi connectivity index (χ1) is 30.5. The van der Waals surface area contributed by atoms with E-state index in [2.05, 4.69) is 36.1 Å². The fourth-order valence-electron chi connectivity index (χ4n) is 10.6. The van der Waals surface area contributed by atoms with Crippen molar-refractivity contribution in [2.24, 2.45) is 23.7 Å². The highest BCUT2D eigenvalue weighted by Crippen LogP contribution is 2.53. The third-order valence-corrected chi connectivity index (χ3v) is 14.2. The summed E-state index contributed by atoms with van der Waals surface area (Å²) in [6, 6.07) is 6.02. The molecule has 13 nitrogen and oxygen atoms in total. The van der Waals surface area contributed by atoms with E-state index in [0.717, 1.165) is 84.3 Å². The van der Waals surface area contributed by atoms with Crippen molar-refractivity contribution in [1.29, 1.82) is 0 Å². The quantitative estimate of drug-likeness (QED) is 0.116. The topological polar surface area (TPSA) is 183 Å². The second-order valence-corrected chi connectivity index (χ2v) is 17.7. The molecule has 6 atom stereocenters. The molecule has 4 aliphatic rings. The summed E-state index contributed by atoms with van der Waals surface area (Å²) in [7, 11) is 2.74. The fourth-order valence-corrected chi connectivity index (χ4v) is 10.6. The number of cyclic esters (lactones) is 1. The van der Waals surface area contributed by atoms with Crippen molar-refractivity contribution in [3.8, 4) is 0 Å². The van der Waals surface area contributed by atoms with Crippen molar-refractivity contribution in [1.82, 2.24) is 19.9 Å². The molecule has 0 spiro atoms. The summed E-state index contributed by atoms with van der Waals surface area (Å²) < 4.78 is 21.5. The Balaban J connectivity index is 1.54. The van der Waals surface area contributed by atoms with Crippen molar-refractivity contribution < 1.29 is 43.2 Å². The van der Waals surface area contributed by atoms with Gasteiger partial charge in [-0.25, -0.2) is 9.97 Å². The SMILES string of the molecule is C=Cc1c(C)c2cc3[nH]c(c(C)c3C=C)c(CC[C@H]3[C@H](C)CC[C@H]4[C@@H](C)C(=O)O[C@H](OC(C)=O)[C@@]34O)c3nc(cc4nc(cc1[nH]2)C(C)=C4CCC(=O)OC)C(CCC(=O)OC)=C3C. The van der Waals surface area contributed by atoms with Gasteiger partial charge in [-0.3, -0.25) is 19.2 Å². The Labute approximate surface area is 374 Å². The highest BCUT2D eigenvalue weighted by molar-refractivity contribution is 5.98. The summed E-state index contributed by atoms with van der Waals surface area (Å²) in [6.07, 6.45) is 5.37. The first-order valence-corrected chi connectivity index (χ1v) is 22.1. The second kappa shape index (κ2) is 18.2. The van der Waals surface area contributed by atoms with E-state index >= 15 is 0 Å². The number of fused-ring (bicyclic) bond motifs is 9. The van der Waals surface area contributed by atoms with E-state index in [-0.39, 0.29) is 30.7 Å². The lowest BCUT2D eigenvalue weighted by atomic mass is 9.58. The number of methoxy groups -OCH3 is 2. The van der Waals surface area contributed by atoms with Crippen LogP contribution in [0.15, 0.2) is 31.4 Å². The van der Waals surface area contributed by atoms with Gasteiger partial charge in [0, 0.05) is 64.4 Å². The van der Waals surface area contributed by atoms with Crippen LogP contribution in [0.1, 0.15) is 130 Å². The molecule has 1 saturated carbocycles. The highest BCUT2D eigenvalue weighted by Gasteiger charge is 2.62. The van der Waals surface area contributed by atoms with Gasteiger partial charge in [0.15, 0.2) is 0 Å². The predicted molar refractivity (Wildman–Crippen MR) is 248 cm³/mol. The van der Waals surface area contributed by atoms with Crippen LogP contribution in [0.3, 0.4) is 0 Å². The zero-order valence-corrected chi connectivity index (χ0v) is 38.5. The van der Waals surface area contributed by atoms with Crippen LogP contribution in [-0.4, -0.2) is 75.0 Å². The summed E-state index contributed by atoms with van der Waals surface area (Å²) in [5, 5.41) is 12.9. The van der Waals surface area contributed by atoms with Crippen LogP contribution in [0.25, 0.3) is 56.5 Å². The molecule has 1 aliphatic carbocycles. The molecule has 8 bridgehead atoms. The summed E-state index contributed by atoms with van der Waals surface area (Å²) >= 11 is 0. The third kappa shape index (κ3) is 8.14. The van der Waals surface area contributed by atoms with Crippen LogP contribution in [-0.2, 0) is 44.5 Å². The molecule has 338 valence electrons. The van der Waals surface area contributed by atoms with Gasteiger partial charge < -0.3 is 34.0 Å². The van der Waals surface area contributed by atoms with E-state index < -0.39 is 41.6 Å². The van der Waals surface area contributed by atoms with Crippen LogP contribution < -0.4 is 0 Å². The van der Waals surface area contributed by atoms with Gasteiger partial charge in [0.25, 0.3) is 6.29 Å². The number of rotatable bonds is 12. The molecule has 0 aromatic carbocycles. The molecule has 64 heavy (non-hydrogen) atoms. The van der Waals surface area contributed by atoms with Gasteiger partial charge in [0.1, 0.15) is 5.60 Å². The fraction of sp³-hybridized carbons (Fsp3) is 0.451. The van der Waals surface area contributed by atoms with Crippen molar-refractivity contribution in [3.63, 3.8) is 0 Å². The van der Waals surface area contributed by atoms with Gasteiger partial charge in [-0.05, 0) is 130 Å². The van der Waals surface area contributed by atoms with E-state index in [1.165, 1.54) is 21.1 Å². The van der Waals surface area contributed by atoms with Gasteiger partial charge in [0.05, 0.1) is 42.9 Å². The summed E-state index contributed by atoms with van der Waals surface area (Å²) in [5.74, 6) is -3.40. The molecule has 0 amide bonds. The Morgan fingerprint density at radius 1 is 0.828 bits per heavy atom. The number of H-pyrrole nitrogens is 2. The predicted octanol–water partition coefficient (Wildman–Crippen LogP) is 9.39. The number of ether oxygens (including phenoxy) is 4. The molecule has 6 heterocycles. The minimum atomic E-state index is -1.65. The van der Waals surface area contributed by atoms with Crippen molar-refractivity contribution in [3.05, 3.63) is 81.9 Å². The Bertz CT molecular complexity index is 2700. The van der Waals surface area contributed by atoms with Gasteiger partial charge in [-0.15, -0.1) is 0 Å². The number of aromatic nitrogens is 4. The Hall–Kier alpha value is -6.08. The van der Waals surface area contributed by atoms with Gasteiger partial charge in [0.2, 0.25) is 0 Å². The number of esters is 4. The average molecular weight is 873 g/mol. The highest BCUT2D eigenvalue weighted by atomic mass is 16.7. The number of aryl methyl sites for hydroxylation is 3. The Kier molecular flexibility index (Phi) is 13.1. The number of aromatic amines is 2. The number of aliphatic hydroxyl groups is 1. The lowest BCUT2D eigenvalue weighted by Crippen LogP contribution is -2.66. The smallest absolute Gasteiger partial charge is 0.312 e. The minimum Gasteiger partial charge on any atom is -0.469 e. The van der Waals surface area contributed by atoms with Crippen LogP contribution in [0, 0.1) is 37.5 Å². The first kappa shape index (κ1) is 45.9. The molecule has 3 aromatic rings. The summed E-state index contributed by atoms with van der Waals surface area (Å²) in [4.78, 5) is 68.8. The first-order valence-electron chi connectivity index (χ1n) is 22.1. The average Bonchev–Trinajstić information content (AvgIpc) is 3.94. The Morgan fingerprint density at radius 3 is 2.06 bits per heavy atom.